The monoisotopic (exact) mass is 291 g/mol. The Kier molecular flexibility index (Phi) is 4.04. The van der Waals surface area contributed by atoms with E-state index in [2.05, 4.69) is 12.4 Å². The fraction of sp³-hybridized carbons (Fsp3) is 1.00. The Balaban J connectivity index is 1.34. The van der Waals surface area contributed by atoms with E-state index >= 15 is 0 Å². The van der Waals surface area contributed by atoms with E-state index in [1.807, 2.05) is 0 Å². The van der Waals surface area contributed by atoms with Crippen LogP contribution < -0.4 is 5.32 Å². The van der Waals surface area contributed by atoms with Gasteiger partial charge in [0.15, 0.2) is 0 Å². The van der Waals surface area contributed by atoms with Crippen LogP contribution in [-0.4, -0.2) is 25.8 Å². The summed E-state index contributed by atoms with van der Waals surface area (Å²) in [6.45, 7) is 1.00. The van der Waals surface area contributed by atoms with Crippen LogP contribution in [0.15, 0.2) is 0 Å². The number of hydrogen-bond acceptors (Lipinski definition) is 2. The highest BCUT2D eigenvalue weighted by molar-refractivity contribution is 5.02. The van der Waals surface area contributed by atoms with Crippen molar-refractivity contribution in [2.24, 2.45) is 23.2 Å². The molecule has 2 heteroatoms. The van der Waals surface area contributed by atoms with Crippen LogP contribution in [0.2, 0.25) is 0 Å². The lowest BCUT2D eigenvalue weighted by Gasteiger charge is -2.57. The highest BCUT2D eigenvalue weighted by atomic mass is 16.5. The second-order valence-corrected chi connectivity index (χ2v) is 8.82. The Morgan fingerprint density at radius 2 is 1.76 bits per heavy atom. The maximum Gasteiger partial charge on any atom is 0.0576 e. The molecule has 1 saturated heterocycles. The van der Waals surface area contributed by atoms with Crippen molar-refractivity contribution in [1.82, 2.24) is 5.32 Å². The molecular weight excluding hydrogens is 258 g/mol. The molecule has 4 saturated carbocycles. The zero-order chi connectivity index (χ0) is 14.3. The normalized spacial score (nSPS) is 46.1. The first-order valence-corrected chi connectivity index (χ1v) is 9.53. The summed E-state index contributed by atoms with van der Waals surface area (Å²) in [4.78, 5) is 0. The average molecular weight is 291 g/mol. The SMILES string of the molecule is CNC(CCC1CCCO1)CC12CC3CC(CC(C3)C1)C2. The fourth-order valence-electron chi connectivity index (χ4n) is 6.67. The summed E-state index contributed by atoms with van der Waals surface area (Å²) in [7, 11) is 2.18. The summed E-state index contributed by atoms with van der Waals surface area (Å²) in [5.41, 5.74) is 0.721. The zero-order valence-corrected chi connectivity index (χ0v) is 13.8. The number of nitrogens with one attached hydrogen (secondary N) is 1. The molecule has 1 N–H and O–H groups in total. The van der Waals surface area contributed by atoms with Gasteiger partial charge in [0.1, 0.15) is 0 Å². The lowest BCUT2D eigenvalue weighted by atomic mass is 9.48. The zero-order valence-electron chi connectivity index (χ0n) is 13.8. The number of hydrogen-bond donors (Lipinski definition) is 1. The van der Waals surface area contributed by atoms with Crippen LogP contribution in [0.4, 0.5) is 0 Å². The van der Waals surface area contributed by atoms with Crippen LogP contribution in [0, 0.1) is 23.2 Å². The first-order valence-electron chi connectivity index (χ1n) is 9.53. The molecule has 0 radical (unpaired) electrons. The molecule has 4 bridgehead atoms. The van der Waals surface area contributed by atoms with Gasteiger partial charge in [-0.05, 0) is 101 Å². The first-order chi connectivity index (χ1) is 10.2. The van der Waals surface area contributed by atoms with Gasteiger partial charge < -0.3 is 10.1 Å². The Hall–Kier alpha value is -0.0800. The van der Waals surface area contributed by atoms with E-state index in [-0.39, 0.29) is 0 Å². The minimum Gasteiger partial charge on any atom is -0.378 e. The van der Waals surface area contributed by atoms with Crippen LogP contribution in [0.3, 0.4) is 0 Å². The van der Waals surface area contributed by atoms with Crippen LogP contribution in [0.1, 0.15) is 70.6 Å². The topological polar surface area (TPSA) is 21.3 Å². The van der Waals surface area contributed by atoms with Gasteiger partial charge in [-0.15, -0.1) is 0 Å². The predicted molar refractivity (Wildman–Crippen MR) is 86.3 cm³/mol. The van der Waals surface area contributed by atoms with E-state index < -0.39 is 0 Å². The van der Waals surface area contributed by atoms with Gasteiger partial charge in [0.05, 0.1) is 6.10 Å². The molecule has 1 heterocycles. The molecule has 120 valence electrons. The second-order valence-electron chi connectivity index (χ2n) is 8.82. The molecule has 0 amide bonds. The molecule has 0 aromatic carbocycles. The summed E-state index contributed by atoms with van der Waals surface area (Å²) in [5, 5.41) is 3.65. The minimum absolute atomic E-state index is 0.567. The highest BCUT2D eigenvalue weighted by Crippen LogP contribution is 2.61. The van der Waals surface area contributed by atoms with Gasteiger partial charge in [-0.1, -0.05) is 0 Å². The van der Waals surface area contributed by atoms with Gasteiger partial charge in [0.2, 0.25) is 0 Å². The maximum atomic E-state index is 5.81. The van der Waals surface area contributed by atoms with E-state index in [9.17, 15) is 0 Å². The van der Waals surface area contributed by atoms with Crippen LogP contribution >= 0.6 is 0 Å². The van der Waals surface area contributed by atoms with Gasteiger partial charge >= 0.3 is 0 Å². The molecule has 4 aliphatic carbocycles. The van der Waals surface area contributed by atoms with Crippen LogP contribution in [0.5, 0.6) is 0 Å². The molecule has 21 heavy (non-hydrogen) atoms. The summed E-state index contributed by atoms with van der Waals surface area (Å²) in [6, 6.07) is 0.727. The first kappa shape index (κ1) is 14.5. The number of ether oxygens (including phenoxy) is 1. The van der Waals surface area contributed by atoms with E-state index in [0.29, 0.717) is 6.10 Å². The maximum absolute atomic E-state index is 5.81. The van der Waals surface area contributed by atoms with Crippen molar-refractivity contribution in [1.29, 1.82) is 0 Å². The molecule has 0 aromatic rings. The lowest BCUT2D eigenvalue weighted by molar-refractivity contribution is -0.0625. The van der Waals surface area contributed by atoms with E-state index in [4.69, 9.17) is 4.74 Å². The molecule has 2 unspecified atom stereocenters. The Morgan fingerprint density at radius 1 is 1.10 bits per heavy atom. The Morgan fingerprint density at radius 3 is 2.29 bits per heavy atom. The van der Waals surface area contributed by atoms with Crippen molar-refractivity contribution in [3.05, 3.63) is 0 Å². The number of rotatable bonds is 6. The summed E-state index contributed by atoms with van der Waals surface area (Å²) >= 11 is 0. The fourth-order valence-corrected chi connectivity index (χ4v) is 6.67. The van der Waals surface area contributed by atoms with Crippen LogP contribution in [-0.2, 0) is 4.74 Å². The van der Waals surface area contributed by atoms with Crippen LogP contribution in [0.25, 0.3) is 0 Å². The molecule has 0 spiro atoms. The molecule has 5 rings (SSSR count). The van der Waals surface area contributed by atoms with Crippen molar-refractivity contribution in [3.63, 3.8) is 0 Å². The minimum atomic E-state index is 0.567. The largest absolute Gasteiger partial charge is 0.378 e. The Bertz CT molecular complexity index is 325. The van der Waals surface area contributed by atoms with Crippen molar-refractivity contribution >= 4 is 0 Å². The molecule has 5 fully saturated rings. The molecular formula is C19H33NO. The third kappa shape index (κ3) is 3.03. The molecule has 0 aromatic heterocycles. The highest BCUT2D eigenvalue weighted by Gasteiger charge is 2.51. The van der Waals surface area contributed by atoms with Crippen molar-refractivity contribution < 1.29 is 4.74 Å². The molecule has 2 nitrogen and oxygen atoms in total. The molecule has 1 aliphatic heterocycles. The van der Waals surface area contributed by atoms with E-state index in [1.165, 1.54) is 32.1 Å². The standard InChI is InChI=1S/C19H33NO/c1-20-17(4-5-18-3-2-6-21-18)13-19-10-14-7-15(11-19)9-16(8-14)12-19/h14-18,20H,2-13H2,1H3. The molecule has 2 atom stereocenters. The van der Waals surface area contributed by atoms with Gasteiger partial charge in [-0.25, -0.2) is 0 Å². The third-order valence-electron chi connectivity index (χ3n) is 7.11. The summed E-state index contributed by atoms with van der Waals surface area (Å²) < 4.78 is 5.81. The van der Waals surface area contributed by atoms with Gasteiger partial charge in [-0.3, -0.25) is 0 Å². The van der Waals surface area contributed by atoms with Crippen molar-refractivity contribution in [2.75, 3.05) is 13.7 Å². The smallest absolute Gasteiger partial charge is 0.0576 e. The van der Waals surface area contributed by atoms with Crippen molar-refractivity contribution in [2.45, 2.75) is 82.8 Å². The lowest BCUT2D eigenvalue weighted by Crippen LogP contribution is -2.48. The Labute approximate surface area is 130 Å². The van der Waals surface area contributed by atoms with E-state index in [0.717, 1.165) is 35.8 Å². The third-order valence-corrected chi connectivity index (χ3v) is 7.11. The average Bonchev–Trinajstić information content (AvgIpc) is 2.95. The van der Waals surface area contributed by atoms with Gasteiger partial charge in [0, 0.05) is 12.6 Å². The molecule has 5 aliphatic rings. The van der Waals surface area contributed by atoms with E-state index in [1.54, 1.807) is 38.5 Å². The summed E-state index contributed by atoms with van der Waals surface area (Å²) in [6.07, 6.45) is 16.6. The van der Waals surface area contributed by atoms with Gasteiger partial charge in [0.25, 0.3) is 0 Å². The van der Waals surface area contributed by atoms with Gasteiger partial charge in [-0.2, -0.15) is 0 Å². The quantitative estimate of drug-likeness (QED) is 0.794. The second kappa shape index (κ2) is 5.85. The van der Waals surface area contributed by atoms with Crippen molar-refractivity contribution in [3.8, 4) is 0 Å². The summed E-state index contributed by atoms with van der Waals surface area (Å²) in [5.74, 6) is 3.27. The predicted octanol–water partition coefficient (Wildman–Crippen LogP) is 4.14.